The van der Waals surface area contributed by atoms with Crippen LogP contribution in [0.1, 0.15) is 80.8 Å². The lowest BCUT2D eigenvalue weighted by Gasteiger charge is -2.38. The van der Waals surface area contributed by atoms with Crippen molar-refractivity contribution >= 4 is 5.71 Å². The second kappa shape index (κ2) is 10.8. The Morgan fingerprint density at radius 3 is 2.41 bits per heavy atom. The average molecular weight is 455 g/mol. The highest BCUT2D eigenvalue weighted by atomic mass is 16.5. The first-order valence-corrected chi connectivity index (χ1v) is 12.7. The van der Waals surface area contributed by atoms with Crippen molar-refractivity contribution in [3.05, 3.63) is 95.6 Å². The summed E-state index contributed by atoms with van der Waals surface area (Å²) in [4.78, 5) is 0. The van der Waals surface area contributed by atoms with Gasteiger partial charge in [0, 0.05) is 17.5 Å². The topological polar surface area (TPSA) is 34.1 Å². The molecule has 0 fully saturated rings. The lowest BCUT2D eigenvalue weighted by Crippen LogP contribution is -2.33. The molecular weight excluding hydrogens is 420 g/mol. The van der Waals surface area contributed by atoms with E-state index < -0.39 is 0 Å². The smallest absolute Gasteiger partial charge is 0.213 e. The minimum absolute atomic E-state index is 0.175. The zero-order chi connectivity index (χ0) is 23.2. The monoisotopic (exact) mass is 454 g/mol. The van der Waals surface area contributed by atoms with Crippen molar-refractivity contribution in [3.8, 4) is 11.5 Å². The van der Waals surface area contributed by atoms with Gasteiger partial charge in [0.1, 0.15) is 11.5 Å². The highest BCUT2D eigenvalue weighted by Crippen LogP contribution is 2.47. The molecule has 0 saturated heterocycles. The Bertz CT molecular complexity index is 1090. The van der Waals surface area contributed by atoms with E-state index in [1.165, 1.54) is 43.2 Å². The summed E-state index contributed by atoms with van der Waals surface area (Å²) in [6, 6.07) is 27.3. The number of benzene rings is 3. The maximum absolute atomic E-state index is 6.48. The maximum atomic E-state index is 6.48. The Morgan fingerprint density at radius 1 is 0.853 bits per heavy atom. The Hall–Kier alpha value is -3.27. The lowest BCUT2D eigenvalue weighted by atomic mass is 9.96. The number of hydrogen-bond acceptors (Lipinski definition) is 4. The molecular formula is C30H34N2O2. The van der Waals surface area contributed by atoms with Gasteiger partial charge in [-0.1, -0.05) is 87.6 Å². The summed E-state index contributed by atoms with van der Waals surface area (Å²) in [6.45, 7) is 3.03. The molecule has 0 radical (unpaired) electrons. The van der Waals surface area contributed by atoms with Crippen molar-refractivity contribution in [2.75, 3.05) is 6.61 Å². The van der Waals surface area contributed by atoms with Crippen LogP contribution in [0.3, 0.4) is 0 Å². The van der Waals surface area contributed by atoms with E-state index in [2.05, 4.69) is 78.7 Å². The van der Waals surface area contributed by atoms with E-state index in [1.807, 2.05) is 12.1 Å². The fourth-order valence-electron chi connectivity index (χ4n) is 4.86. The van der Waals surface area contributed by atoms with Crippen LogP contribution in [0.25, 0.3) is 0 Å². The molecule has 4 heteroatoms. The normalized spacial score (nSPS) is 18.6. The molecule has 34 heavy (non-hydrogen) atoms. The van der Waals surface area contributed by atoms with Crippen LogP contribution >= 0.6 is 0 Å². The van der Waals surface area contributed by atoms with Gasteiger partial charge in [-0.25, -0.2) is 5.01 Å². The predicted molar refractivity (Wildman–Crippen MR) is 137 cm³/mol. The predicted octanol–water partition coefficient (Wildman–Crippen LogP) is 7.67. The third-order valence-corrected chi connectivity index (χ3v) is 6.74. The SMILES string of the molecule is CCCCCCCCOc1ccc(C2Oc3ccccc3C3CC(c4ccccc4)=NN32)cc1. The van der Waals surface area contributed by atoms with Gasteiger partial charge in [-0.15, -0.1) is 0 Å². The molecule has 176 valence electrons. The number of para-hydroxylation sites is 1. The van der Waals surface area contributed by atoms with E-state index >= 15 is 0 Å². The number of hydrazone groups is 1. The van der Waals surface area contributed by atoms with E-state index in [4.69, 9.17) is 14.6 Å². The van der Waals surface area contributed by atoms with Gasteiger partial charge in [0.05, 0.1) is 18.4 Å². The Kier molecular flexibility index (Phi) is 7.13. The second-order valence-corrected chi connectivity index (χ2v) is 9.21. The van der Waals surface area contributed by atoms with Gasteiger partial charge in [0.2, 0.25) is 6.23 Å². The second-order valence-electron chi connectivity index (χ2n) is 9.21. The Morgan fingerprint density at radius 2 is 1.59 bits per heavy atom. The van der Waals surface area contributed by atoms with E-state index in [0.29, 0.717) is 0 Å². The summed E-state index contributed by atoms with van der Waals surface area (Å²) in [7, 11) is 0. The molecule has 2 heterocycles. The molecule has 3 aromatic carbocycles. The van der Waals surface area contributed by atoms with Crippen LogP contribution in [0.2, 0.25) is 0 Å². The van der Waals surface area contributed by atoms with E-state index in [1.54, 1.807) is 0 Å². The minimum Gasteiger partial charge on any atom is -0.494 e. The van der Waals surface area contributed by atoms with Gasteiger partial charge < -0.3 is 9.47 Å². The first kappa shape index (κ1) is 22.5. The standard InChI is InChI=1S/C30H34N2O2/c1-2-3-4-5-6-12-21-33-25-19-17-24(18-20-25)30-32-28(26-15-10-11-16-29(26)34-30)22-27(31-32)23-13-8-7-9-14-23/h7-11,13-20,28,30H,2-6,12,21-22H2,1H3. The largest absolute Gasteiger partial charge is 0.494 e. The lowest BCUT2D eigenvalue weighted by molar-refractivity contribution is -0.0190. The molecule has 0 aromatic heterocycles. The highest BCUT2D eigenvalue weighted by molar-refractivity contribution is 6.01. The fourth-order valence-corrected chi connectivity index (χ4v) is 4.86. The van der Waals surface area contributed by atoms with Crippen LogP contribution in [0.4, 0.5) is 0 Å². The van der Waals surface area contributed by atoms with E-state index in [-0.39, 0.29) is 12.3 Å². The third-order valence-electron chi connectivity index (χ3n) is 6.74. The summed E-state index contributed by atoms with van der Waals surface area (Å²) in [5.74, 6) is 1.86. The maximum Gasteiger partial charge on any atom is 0.213 e. The number of unbranched alkanes of at least 4 members (excludes halogenated alkanes) is 5. The molecule has 0 bridgehead atoms. The van der Waals surface area contributed by atoms with E-state index in [0.717, 1.165) is 42.2 Å². The third kappa shape index (κ3) is 4.96. The van der Waals surface area contributed by atoms with Gasteiger partial charge in [0.15, 0.2) is 0 Å². The summed E-state index contributed by atoms with van der Waals surface area (Å²) in [5, 5.41) is 7.18. The van der Waals surface area contributed by atoms with Crippen molar-refractivity contribution in [2.45, 2.75) is 64.1 Å². The summed E-state index contributed by atoms with van der Waals surface area (Å²) >= 11 is 0. The van der Waals surface area contributed by atoms with Crippen molar-refractivity contribution < 1.29 is 9.47 Å². The highest BCUT2D eigenvalue weighted by Gasteiger charge is 2.40. The Balaban J connectivity index is 1.29. The van der Waals surface area contributed by atoms with Crippen molar-refractivity contribution in [3.63, 3.8) is 0 Å². The first-order chi connectivity index (χ1) is 16.8. The van der Waals surface area contributed by atoms with Gasteiger partial charge in [0.25, 0.3) is 0 Å². The molecule has 0 aliphatic carbocycles. The quantitative estimate of drug-likeness (QED) is 0.295. The van der Waals surface area contributed by atoms with Crippen molar-refractivity contribution in [2.24, 2.45) is 5.10 Å². The molecule has 0 saturated carbocycles. The molecule has 0 spiro atoms. The number of hydrogen-bond donors (Lipinski definition) is 0. The molecule has 0 N–H and O–H groups in total. The van der Waals surface area contributed by atoms with Crippen LogP contribution in [-0.2, 0) is 0 Å². The minimum atomic E-state index is -0.256. The average Bonchev–Trinajstić information content (AvgIpc) is 3.35. The van der Waals surface area contributed by atoms with Crippen LogP contribution < -0.4 is 9.47 Å². The van der Waals surface area contributed by atoms with Crippen LogP contribution in [0, 0.1) is 0 Å². The van der Waals surface area contributed by atoms with Crippen LogP contribution in [0.5, 0.6) is 11.5 Å². The van der Waals surface area contributed by atoms with Gasteiger partial charge in [-0.3, -0.25) is 0 Å². The molecule has 0 amide bonds. The number of fused-ring (bicyclic) bond motifs is 3. The number of rotatable bonds is 10. The molecule has 2 aliphatic rings. The summed E-state index contributed by atoms with van der Waals surface area (Å²) < 4.78 is 12.5. The van der Waals surface area contributed by atoms with Gasteiger partial charge in [-0.05, 0) is 42.3 Å². The van der Waals surface area contributed by atoms with E-state index in [9.17, 15) is 0 Å². The van der Waals surface area contributed by atoms with Crippen molar-refractivity contribution in [1.82, 2.24) is 5.01 Å². The number of nitrogens with zero attached hydrogens (tertiary/aromatic N) is 2. The van der Waals surface area contributed by atoms with Crippen LogP contribution in [0.15, 0.2) is 84.0 Å². The van der Waals surface area contributed by atoms with Crippen LogP contribution in [-0.4, -0.2) is 17.3 Å². The summed E-state index contributed by atoms with van der Waals surface area (Å²) in [6.07, 6.45) is 8.24. The number of ether oxygens (including phenoxy) is 2. The Labute approximate surface area is 203 Å². The molecule has 3 aromatic rings. The molecule has 5 rings (SSSR count). The fraction of sp³-hybridized carbons (Fsp3) is 0.367. The molecule has 2 unspecified atom stereocenters. The van der Waals surface area contributed by atoms with Gasteiger partial charge >= 0.3 is 0 Å². The van der Waals surface area contributed by atoms with Gasteiger partial charge in [-0.2, -0.15) is 5.10 Å². The zero-order valence-electron chi connectivity index (χ0n) is 20.0. The molecule has 2 aliphatic heterocycles. The molecule has 2 atom stereocenters. The zero-order valence-corrected chi connectivity index (χ0v) is 20.0. The molecule has 4 nitrogen and oxygen atoms in total. The van der Waals surface area contributed by atoms with Crippen molar-refractivity contribution in [1.29, 1.82) is 0 Å². The summed E-state index contributed by atoms with van der Waals surface area (Å²) in [5.41, 5.74) is 4.57. The first-order valence-electron chi connectivity index (χ1n) is 12.7.